The fourth-order valence-electron chi connectivity index (χ4n) is 10.8. The van der Waals surface area contributed by atoms with Gasteiger partial charge in [0, 0.05) is 38.2 Å². The maximum absolute atomic E-state index is 5.45. The lowest BCUT2D eigenvalue weighted by Crippen LogP contribution is -2.07. The van der Waals surface area contributed by atoms with Gasteiger partial charge in [0.2, 0.25) is 5.95 Å². The Morgan fingerprint density at radius 2 is 0.706 bits per heavy atom. The highest BCUT2D eigenvalue weighted by Gasteiger charge is 2.25. The van der Waals surface area contributed by atoms with Crippen molar-refractivity contribution in [2.24, 2.45) is 0 Å². The van der Waals surface area contributed by atoms with E-state index < -0.39 is 0 Å². The first-order chi connectivity index (χ1) is 33.8. The smallest absolute Gasteiger partial charge is 0.238 e. The van der Waals surface area contributed by atoms with Gasteiger partial charge in [-0.3, -0.25) is 4.57 Å². The number of hydrogen-bond donors (Lipinski definition) is 0. The molecule has 0 aliphatic carbocycles. The zero-order valence-electron chi connectivity index (χ0n) is 36.8. The van der Waals surface area contributed by atoms with Crippen LogP contribution in [0.3, 0.4) is 0 Å². The fraction of sp³-hybridized carbons (Fsp3) is 0. The summed E-state index contributed by atoms with van der Waals surface area (Å²) in [5, 5.41) is 12.1. The molecule has 3 aromatic heterocycles. The van der Waals surface area contributed by atoms with E-state index in [0.29, 0.717) is 17.6 Å². The first-order valence-electron chi connectivity index (χ1n) is 23.1. The van der Waals surface area contributed by atoms with E-state index >= 15 is 0 Å². The quantitative estimate of drug-likeness (QED) is 0.156. The van der Waals surface area contributed by atoms with Gasteiger partial charge < -0.3 is 4.57 Å². The molecule has 0 saturated heterocycles. The van der Waals surface area contributed by atoms with Gasteiger partial charge in [0.05, 0.1) is 27.8 Å². The number of hydrogen-bond acceptors (Lipinski definition) is 3. The van der Waals surface area contributed by atoms with Crippen molar-refractivity contribution >= 4 is 75.9 Å². The van der Waals surface area contributed by atoms with Gasteiger partial charge in [0.25, 0.3) is 0 Å². The van der Waals surface area contributed by atoms with Gasteiger partial charge in [-0.2, -0.15) is 9.97 Å². The minimum Gasteiger partial charge on any atom is -0.307 e. The molecule has 14 aromatic rings. The second-order valence-corrected chi connectivity index (χ2v) is 17.5. The van der Waals surface area contributed by atoms with E-state index in [1.165, 1.54) is 43.3 Å². The van der Waals surface area contributed by atoms with Crippen LogP contribution in [0, 0.1) is 0 Å². The average Bonchev–Trinajstić information content (AvgIpc) is 3.94. The molecule has 0 atom stereocenters. The van der Waals surface area contributed by atoms with Gasteiger partial charge in [0.1, 0.15) is 0 Å². The normalized spacial score (nSPS) is 11.8. The zero-order chi connectivity index (χ0) is 44.7. The molecule has 0 spiro atoms. The SMILES string of the molecule is c1ccc(-c2cccc(-c3nc(-c4ccccc4)nc(-n4c5ccccc5c5ccc6c7ccccc7n(-c7ccccc7-c7cccc8c9ccccc9c9ccccc9c78)c6c54)n3)c2)cc1. The Morgan fingerprint density at radius 1 is 0.265 bits per heavy atom. The van der Waals surface area contributed by atoms with Gasteiger partial charge in [0.15, 0.2) is 11.6 Å². The van der Waals surface area contributed by atoms with Crippen LogP contribution >= 0.6 is 0 Å². The Kier molecular flexibility index (Phi) is 8.52. The first kappa shape index (κ1) is 38.1. The highest BCUT2D eigenvalue weighted by Crippen LogP contribution is 2.46. The Hall–Kier alpha value is -9.19. The zero-order valence-corrected chi connectivity index (χ0v) is 36.8. The minimum absolute atomic E-state index is 0.551. The number of para-hydroxylation sites is 3. The van der Waals surface area contributed by atoms with Crippen LogP contribution in [0.1, 0.15) is 0 Å². The summed E-state index contributed by atoms with van der Waals surface area (Å²) in [5.41, 5.74) is 11.7. The number of fused-ring (bicyclic) bond motifs is 13. The predicted octanol–water partition coefficient (Wildman–Crippen LogP) is 16.2. The largest absolute Gasteiger partial charge is 0.307 e. The van der Waals surface area contributed by atoms with Gasteiger partial charge in [-0.25, -0.2) is 4.98 Å². The van der Waals surface area contributed by atoms with Crippen LogP contribution in [0.15, 0.2) is 237 Å². The van der Waals surface area contributed by atoms with E-state index in [1.807, 2.05) is 24.3 Å². The Labute approximate surface area is 391 Å². The molecule has 5 nitrogen and oxygen atoms in total. The molecule has 3 heterocycles. The van der Waals surface area contributed by atoms with E-state index in [4.69, 9.17) is 15.0 Å². The van der Waals surface area contributed by atoms with Gasteiger partial charge in [-0.05, 0) is 73.3 Å². The number of aromatic nitrogens is 5. The molecule has 0 aliphatic rings. The van der Waals surface area contributed by atoms with E-state index in [1.54, 1.807) is 0 Å². The molecule has 14 rings (SSSR count). The third kappa shape index (κ3) is 5.79. The molecule has 11 aromatic carbocycles. The molecule has 0 N–H and O–H groups in total. The highest BCUT2D eigenvalue weighted by molar-refractivity contribution is 6.29. The number of benzene rings is 11. The standard InChI is InChI=1S/C63H39N5/c1-3-19-40(20-4-1)42-23-17-24-43(39-42)62-64-61(41-21-5-2-6-22-41)65-63(66-62)68-57-36-16-13-30-49(57)54-38-37-53-48-29-12-15-35-56(48)67(59(53)60(54)68)55-34-14-11-28-47(55)52-33-18-32-51-46-26-8-7-25-44(46)45-27-9-10-31-50(45)58(51)52/h1-39H. The molecule has 0 bridgehead atoms. The van der Waals surface area contributed by atoms with E-state index in [2.05, 4.69) is 221 Å². The summed E-state index contributed by atoms with van der Waals surface area (Å²) in [6.45, 7) is 0. The van der Waals surface area contributed by atoms with Crippen molar-refractivity contribution in [2.45, 2.75) is 0 Å². The van der Waals surface area contributed by atoms with Crippen LogP contribution in [0.25, 0.3) is 133 Å². The van der Waals surface area contributed by atoms with Crippen molar-refractivity contribution in [1.82, 2.24) is 24.1 Å². The molecule has 5 heteroatoms. The highest BCUT2D eigenvalue weighted by atomic mass is 15.2. The summed E-state index contributed by atoms with van der Waals surface area (Å²) in [4.78, 5) is 16.1. The van der Waals surface area contributed by atoms with Crippen LogP contribution in [0.5, 0.6) is 0 Å². The monoisotopic (exact) mass is 865 g/mol. The summed E-state index contributed by atoms with van der Waals surface area (Å²) in [6.07, 6.45) is 0. The van der Waals surface area contributed by atoms with Crippen molar-refractivity contribution in [1.29, 1.82) is 0 Å². The molecule has 0 fully saturated rings. The molecule has 0 amide bonds. The fourth-order valence-corrected chi connectivity index (χ4v) is 10.8. The van der Waals surface area contributed by atoms with E-state index in [9.17, 15) is 0 Å². The molecule has 0 aliphatic heterocycles. The topological polar surface area (TPSA) is 48.5 Å². The van der Waals surface area contributed by atoms with Gasteiger partial charge >= 0.3 is 0 Å². The van der Waals surface area contributed by atoms with Crippen LogP contribution in [0.2, 0.25) is 0 Å². The summed E-state index contributed by atoms with van der Waals surface area (Å²) in [5.74, 6) is 1.76. The molecule has 316 valence electrons. The van der Waals surface area contributed by atoms with Crippen molar-refractivity contribution in [3.8, 4) is 56.7 Å². The van der Waals surface area contributed by atoms with E-state index in [0.717, 1.165) is 71.7 Å². The Bertz CT molecular complexity index is 4270. The van der Waals surface area contributed by atoms with Crippen molar-refractivity contribution in [3.05, 3.63) is 237 Å². The van der Waals surface area contributed by atoms with Crippen molar-refractivity contribution < 1.29 is 0 Å². The van der Waals surface area contributed by atoms with Crippen LogP contribution in [-0.2, 0) is 0 Å². The lowest BCUT2D eigenvalue weighted by molar-refractivity contribution is 0.953. The number of rotatable bonds is 6. The second kappa shape index (κ2) is 15.2. The molecular weight excluding hydrogens is 827 g/mol. The van der Waals surface area contributed by atoms with Gasteiger partial charge in [-0.1, -0.05) is 212 Å². The third-order valence-electron chi connectivity index (χ3n) is 13.8. The molecule has 0 unspecified atom stereocenters. The van der Waals surface area contributed by atoms with Crippen molar-refractivity contribution in [3.63, 3.8) is 0 Å². The summed E-state index contributed by atoms with van der Waals surface area (Å²) in [6, 6.07) is 84.6. The molecule has 68 heavy (non-hydrogen) atoms. The first-order valence-corrected chi connectivity index (χ1v) is 23.1. The Balaban J connectivity index is 1.10. The van der Waals surface area contributed by atoms with Crippen LogP contribution in [0.4, 0.5) is 0 Å². The maximum Gasteiger partial charge on any atom is 0.238 e. The lowest BCUT2D eigenvalue weighted by Gasteiger charge is -2.18. The summed E-state index contributed by atoms with van der Waals surface area (Å²) < 4.78 is 4.77. The number of nitrogens with zero attached hydrogens (tertiary/aromatic N) is 5. The summed E-state index contributed by atoms with van der Waals surface area (Å²) >= 11 is 0. The lowest BCUT2D eigenvalue weighted by atomic mass is 9.89. The summed E-state index contributed by atoms with van der Waals surface area (Å²) in [7, 11) is 0. The average molecular weight is 866 g/mol. The van der Waals surface area contributed by atoms with Crippen LogP contribution in [-0.4, -0.2) is 24.1 Å². The van der Waals surface area contributed by atoms with Gasteiger partial charge in [-0.15, -0.1) is 0 Å². The minimum atomic E-state index is 0.551. The second-order valence-electron chi connectivity index (χ2n) is 17.5. The maximum atomic E-state index is 5.45. The third-order valence-corrected chi connectivity index (χ3v) is 13.8. The van der Waals surface area contributed by atoms with Crippen LogP contribution < -0.4 is 0 Å². The molecule has 0 saturated carbocycles. The van der Waals surface area contributed by atoms with Crippen molar-refractivity contribution in [2.75, 3.05) is 0 Å². The van der Waals surface area contributed by atoms with E-state index in [-0.39, 0.29) is 0 Å². The predicted molar refractivity (Wildman–Crippen MR) is 283 cm³/mol. The molecule has 0 radical (unpaired) electrons. The Morgan fingerprint density at radius 3 is 1.38 bits per heavy atom. The molecular formula is C63H39N5.